The number of aromatic nitrogens is 1. The largest absolute Gasteiger partial charge is 0.490 e. The Morgan fingerprint density at radius 1 is 1.08 bits per heavy atom. The zero-order chi connectivity index (χ0) is 37.6. The second-order valence-electron chi connectivity index (χ2n) is 13.6. The molecule has 3 amide bonds. The lowest BCUT2D eigenvalue weighted by Gasteiger charge is -2.35. The third-order valence-electron chi connectivity index (χ3n) is 9.42. The molecule has 2 heterocycles. The molecule has 13 nitrogen and oxygen atoms in total. The van der Waals surface area contributed by atoms with Crippen LogP contribution in [0.15, 0.2) is 70.1 Å². The van der Waals surface area contributed by atoms with Gasteiger partial charge in [0, 0.05) is 43.7 Å². The van der Waals surface area contributed by atoms with Gasteiger partial charge in [0.05, 0.1) is 36.1 Å². The maximum Gasteiger partial charge on any atom is 0.323 e. The lowest BCUT2D eigenvalue weighted by atomic mass is 10.0. The van der Waals surface area contributed by atoms with Crippen molar-refractivity contribution in [3.8, 4) is 5.75 Å². The summed E-state index contributed by atoms with van der Waals surface area (Å²) in [5, 5.41) is 21.7. The number of carbonyl (C=O) groups excluding carboxylic acids is 2. The number of hydrogen-bond acceptors (Lipinski definition) is 9. The summed E-state index contributed by atoms with van der Waals surface area (Å²) >= 11 is 0. The van der Waals surface area contributed by atoms with Crippen molar-refractivity contribution < 1.29 is 37.1 Å². The molecule has 0 spiro atoms. The molecule has 52 heavy (non-hydrogen) atoms. The van der Waals surface area contributed by atoms with Crippen molar-refractivity contribution in [2.75, 3.05) is 44.0 Å². The highest BCUT2D eigenvalue weighted by molar-refractivity contribution is 7.89. The molecule has 4 atom stereocenters. The van der Waals surface area contributed by atoms with Crippen LogP contribution in [0.25, 0.3) is 10.8 Å². The SMILES string of the molecule is Cc1noc(C)c1S(=O)(=O)N(C)C[C@H]1OCCCC[C@H](C)Oc2ccc(NC(=O)Nc3cccc4ccccc34)cc2C(=O)N([C@H](C)CO)C[C@@H]1C. The summed E-state index contributed by atoms with van der Waals surface area (Å²) in [6.07, 6.45) is 1.34. The summed E-state index contributed by atoms with van der Waals surface area (Å²) in [6.45, 7) is 8.92. The van der Waals surface area contributed by atoms with E-state index in [1.165, 1.54) is 11.4 Å². The predicted molar refractivity (Wildman–Crippen MR) is 199 cm³/mol. The fourth-order valence-corrected chi connectivity index (χ4v) is 7.90. The summed E-state index contributed by atoms with van der Waals surface area (Å²) in [7, 11) is -2.47. The molecule has 0 saturated heterocycles. The molecule has 0 radical (unpaired) electrons. The second-order valence-corrected chi connectivity index (χ2v) is 15.5. The van der Waals surface area contributed by atoms with Crippen LogP contribution in [0.4, 0.5) is 16.2 Å². The number of nitrogens with zero attached hydrogens (tertiary/aromatic N) is 3. The Balaban J connectivity index is 1.42. The molecule has 1 aliphatic heterocycles. The number of amides is 3. The van der Waals surface area contributed by atoms with Gasteiger partial charge >= 0.3 is 6.03 Å². The predicted octanol–water partition coefficient (Wildman–Crippen LogP) is 6.20. The highest BCUT2D eigenvalue weighted by atomic mass is 32.2. The van der Waals surface area contributed by atoms with Crippen molar-refractivity contribution in [2.24, 2.45) is 5.92 Å². The van der Waals surface area contributed by atoms with Gasteiger partial charge in [-0.1, -0.05) is 48.5 Å². The Hall–Kier alpha value is -4.50. The topological polar surface area (TPSA) is 164 Å². The molecule has 0 bridgehead atoms. The van der Waals surface area contributed by atoms with Gasteiger partial charge in [0.1, 0.15) is 16.3 Å². The van der Waals surface area contributed by atoms with Crippen molar-refractivity contribution in [1.82, 2.24) is 14.4 Å². The molecule has 0 aliphatic carbocycles. The van der Waals surface area contributed by atoms with Crippen LogP contribution in [0, 0.1) is 19.8 Å². The maximum atomic E-state index is 14.5. The van der Waals surface area contributed by atoms with Crippen LogP contribution in [-0.2, 0) is 14.8 Å². The first-order valence-corrected chi connectivity index (χ1v) is 19.0. The highest BCUT2D eigenvalue weighted by Crippen LogP contribution is 2.30. The number of rotatable bonds is 8. The number of aliphatic hydroxyl groups excluding tert-OH is 1. The van der Waals surface area contributed by atoms with E-state index in [0.717, 1.165) is 17.2 Å². The number of fused-ring (bicyclic) bond motifs is 2. The summed E-state index contributed by atoms with van der Waals surface area (Å²) in [6, 6.07) is 17.2. The maximum absolute atomic E-state index is 14.5. The Morgan fingerprint density at radius 3 is 2.56 bits per heavy atom. The molecule has 1 aliphatic rings. The van der Waals surface area contributed by atoms with E-state index in [2.05, 4.69) is 15.8 Å². The van der Waals surface area contributed by atoms with E-state index in [9.17, 15) is 23.1 Å². The number of nitrogens with one attached hydrogen (secondary N) is 2. The number of urea groups is 1. The molecule has 14 heteroatoms. The van der Waals surface area contributed by atoms with Gasteiger partial charge in [-0.2, -0.15) is 4.31 Å². The standard InChI is InChI=1S/C38H49N5O8S/c1-24-21-43(25(2)23-44)37(45)32-20-30(39-38(46)40-33-16-11-14-29-13-7-8-15-31(29)33)17-18-34(32)50-26(3)12-9-10-19-49-35(24)22-42(6)52(47,48)36-27(4)41-51-28(36)5/h7-8,11,13-18,20,24-26,35,44H,9-10,12,19,21-23H2,1-6H3,(H2,39,40,46)/t24-,25+,26-,35+/m0/s1. The minimum atomic E-state index is -3.96. The summed E-state index contributed by atoms with van der Waals surface area (Å²) < 4.78 is 46.2. The number of sulfonamides is 1. The monoisotopic (exact) mass is 735 g/mol. The molecule has 5 rings (SSSR count). The number of likely N-dealkylation sites (N-methyl/N-ethyl adjacent to an activating group) is 1. The normalized spacial score (nSPS) is 19.8. The fraction of sp³-hybridized carbons (Fsp3) is 0.447. The number of benzene rings is 3. The molecule has 4 aromatic rings. The molecule has 1 aromatic heterocycles. The third kappa shape index (κ3) is 8.92. The van der Waals surface area contributed by atoms with Gasteiger partial charge in [-0.05, 0) is 76.6 Å². The molecule has 0 fully saturated rings. The van der Waals surface area contributed by atoms with E-state index in [4.69, 9.17) is 14.0 Å². The Kier molecular flexibility index (Phi) is 12.6. The molecule has 3 aromatic carbocycles. The third-order valence-corrected chi connectivity index (χ3v) is 11.5. The minimum absolute atomic E-state index is 0.0130. The molecular formula is C38H49N5O8S. The van der Waals surface area contributed by atoms with E-state index in [0.29, 0.717) is 36.6 Å². The number of hydrogen-bond donors (Lipinski definition) is 3. The average Bonchev–Trinajstić information content (AvgIpc) is 3.47. The summed E-state index contributed by atoms with van der Waals surface area (Å²) in [4.78, 5) is 29.3. The Labute approximate surface area is 305 Å². The van der Waals surface area contributed by atoms with Gasteiger partial charge < -0.3 is 34.6 Å². The number of carbonyl (C=O) groups is 2. The van der Waals surface area contributed by atoms with Crippen LogP contribution in [-0.4, -0.2) is 91.4 Å². The first kappa shape index (κ1) is 38.7. The lowest BCUT2D eigenvalue weighted by Crippen LogP contribution is -2.48. The van der Waals surface area contributed by atoms with Crippen molar-refractivity contribution >= 4 is 44.1 Å². The van der Waals surface area contributed by atoms with E-state index >= 15 is 0 Å². The molecular weight excluding hydrogens is 687 g/mol. The Bertz CT molecular complexity index is 1960. The quantitative estimate of drug-likeness (QED) is 0.191. The number of ether oxygens (including phenoxy) is 2. The zero-order valence-corrected chi connectivity index (χ0v) is 31.4. The average molecular weight is 736 g/mol. The van der Waals surface area contributed by atoms with E-state index in [1.54, 1.807) is 43.9 Å². The van der Waals surface area contributed by atoms with Gasteiger partial charge in [-0.3, -0.25) is 4.79 Å². The Morgan fingerprint density at radius 2 is 1.83 bits per heavy atom. The molecule has 0 saturated carbocycles. The van der Waals surface area contributed by atoms with Crippen LogP contribution in [0.5, 0.6) is 5.75 Å². The van der Waals surface area contributed by atoms with E-state index in [-0.39, 0.29) is 53.6 Å². The summed E-state index contributed by atoms with van der Waals surface area (Å²) in [5.41, 5.74) is 1.50. The number of aliphatic hydroxyl groups is 1. The van der Waals surface area contributed by atoms with Gasteiger partial charge in [0.15, 0.2) is 5.76 Å². The summed E-state index contributed by atoms with van der Waals surface area (Å²) in [5.74, 6) is -0.219. The first-order chi connectivity index (χ1) is 24.8. The molecule has 0 unspecified atom stereocenters. The number of anilines is 2. The fourth-order valence-electron chi connectivity index (χ4n) is 6.43. The van der Waals surface area contributed by atoms with Crippen LogP contribution in [0.2, 0.25) is 0 Å². The molecule has 3 N–H and O–H groups in total. The zero-order valence-electron chi connectivity index (χ0n) is 30.6. The van der Waals surface area contributed by atoms with Gasteiger partial charge in [0.25, 0.3) is 5.91 Å². The van der Waals surface area contributed by atoms with E-state index in [1.807, 2.05) is 56.3 Å². The smallest absolute Gasteiger partial charge is 0.323 e. The highest BCUT2D eigenvalue weighted by Gasteiger charge is 2.34. The molecule has 280 valence electrons. The van der Waals surface area contributed by atoms with Crippen LogP contribution in [0.3, 0.4) is 0 Å². The lowest BCUT2D eigenvalue weighted by molar-refractivity contribution is -0.00835. The van der Waals surface area contributed by atoms with Crippen molar-refractivity contribution in [3.05, 3.63) is 77.7 Å². The van der Waals surface area contributed by atoms with Gasteiger partial charge in [0.2, 0.25) is 10.0 Å². The van der Waals surface area contributed by atoms with Crippen LogP contribution >= 0.6 is 0 Å². The van der Waals surface area contributed by atoms with Crippen LogP contribution in [0.1, 0.15) is 61.8 Å². The van der Waals surface area contributed by atoms with Gasteiger partial charge in [-0.25, -0.2) is 13.2 Å². The van der Waals surface area contributed by atoms with Crippen molar-refractivity contribution in [3.63, 3.8) is 0 Å². The van der Waals surface area contributed by atoms with Gasteiger partial charge in [-0.15, -0.1) is 0 Å². The second kappa shape index (κ2) is 16.9. The van der Waals surface area contributed by atoms with Crippen LogP contribution < -0.4 is 15.4 Å². The minimum Gasteiger partial charge on any atom is -0.490 e. The first-order valence-electron chi connectivity index (χ1n) is 17.6. The van der Waals surface area contributed by atoms with Crippen molar-refractivity contribution in [1.29, 1.82) is 0 Å². The van der Waals surface area contributed by atoms with Crippen molar-refractivity contribution in [2.45, 2.75) is 77.0 Å². The number of aryl methyl sites for hydroxylation is 2. The van der Waals surface area contributed by atoms with E-state index < -0.39 is 34.1 Å².